The highest BCUT2D eigenvalue weighted by Crippen LogP contribution is 2.38. The SMILES string of the molecule is Nc1ccc(C(CCCCCCC(=O)O)(C(=O)O)c2ccc(N)cc2)cc1. The number of anilines is 2. The Hall–Kier alpha value is -3.02. The Labute approximate surface area is 158 Å². The fourth-order valence-electron chi connectivity index (χ4n) is 3.36. The Morgan fingerprint density at radius 1 is 0.741 bits per heavy atom. The van der Waals surface area contributed by atoms with Gasteiger partial charge in [0.15, 0.2) is 0 Å². The van der Waals surface area contributed by atoms with E-state index < -0.39 is 17.4 Å². The Morgan fingerprint density at radius 2 is 1.19 bits per heavy atom. The van der Waals surface area contributed by atoms with Crippen LogP contribution in [0.15, 0.2) is 48.5 Å². The van der Waals surface area contributed by atoms with E-state index in [1.165, 1.54) is 0 Å². The molecule has 2 aromatic rings. The summed E-state index contributed by atoms with van der Waals surface area (Å²) in [5.74, 6) is -1.73. The lowest BCUT2D eigenvalue weighted by molar-refractivity contribution is -0.142. The molecular weight excluding hydrogens is 344 g/mol. The van der Waals surface area contributed by atoms with Crippen LogP contribution in [0.4, 0.5) is 11.4 Å². The van der Waals surface area contributed by atoms with Gasteiger partial charge in [0.1, 0.15) is 5.41 Å². The van der Waals surface area contributed by atoms with Crippen LogP contribution in [0.3, 0.4) is 0 Å². The van der Waals surface area contributed by atoms with Gasteiger partial charge in [-0.05, 0) is 48.2 Å². The first-order valence-electron chi connectivity index (χ1n) is 9.03. The van der Waals surface area contributed by atoms with E-state index in [-0.39, 0.29) is 6.42 Å². The van der Waals surface area contributed by atoms with Crippen molar-refractivity contribution < 1.29 is 19.8 Å². The molecule has 0 unspecified atom stereocenters. The molecule has 0 saturated carbocycles. The predicted octanol–water partition coefficient (Wildman–Crippen LogP) is 3.65. The molecule has 6 N–H and O–H groups in total. The van der Waals surface area contributed by atoms with Crippen LogP contribution in [0.1, 0.15) is 49.7 Å². The zero-order valence-corrected chi connectivity index (χ0v) is 15.2. The van der Waals surface area contributed by atoms with Crippen molar-refractivity contribution in [1.82, 2.24) is 0 Å². The number of carboxylic acid groups (broad SMARTS) is 2. The van der Waals surface area contributed by atoms with Crippen molar-refractivity contribution in [3.8, 4) is 0 Å². The van der Waals surface area contributed by atoms with E-state index >= 15 is 0 Å². The van der Waals surface area contributed by atoms with Crippen LogP contribution in [0, 0.1) is 0 Å². The van der Waals surface area contributed by atoms with Crippen molar-refractivity contribution in [3.63, 3.8) is 0 Å². The van der Waals surface area contributed by atoms with Crippen molar-refractivity contribution in [3.05, 3.63) is 59.7 Å². The van der Waals surface area contributed by atoms with Crippen molar-refractivity contribution in [2.24, 2.45) is 0 Å². The third-order valence-corrected chi connectivity index (χ3v) is 4.86. The smallest absolute Gasteiger partial charge is 0.318 e. The number of hydrogen-bond donors (Lipinski definition) is 4. The number of rotatable bonds is 10. The monoisotopic (exact) mass is 370 g/mol. The highest BCUT2D eigenvalue weighted by atomic mass is 16.4. The van der Waals surface area contributed by atoms with Crippen LogP contribution in [-0.4, -0.2) is 22.2 Å². The van der Waals surface area contributed by atoms with Gasteiger partial charge in [-0.25, -0.2) is 0 Å². The van der Waals surface area contributed by atoms with Crippen molar-refractivity contribution in [2.75, 3.05) is 11.5 Å². The van der Waals surface area contributed by atoms with Gasteiger partial charge in [0.2, 0.25) is 0 Å². The molecule has 0 bridgehead atoms. The fraction of sp³-hybridized carbons (Fsp3) is 0.333. The Balaban J connectivity index is 2.28. The van der Waals surface area contributed by atoms with E-state index in [0.29, 0.717) is 41.8 Å². The summed E-state index contributed by atoms with van der Waals surface area (Å²) >= 11 is 0. The molecule has 27 heavy (non-hydrogen) atoms. The standard InChI is InChI=1S/C21H26N2O4/c22-17-10-6-15(7-11-17)21(20(26)27,16-8-12-18(23)13-9-16)14-4-2-1-3-5-19(24)25/h6-13H,1-5,14,22-23H2,(H,24,25)(H,26,27). The minimum Gasteiger partial charge on any atom is -0.481 e. The molecular formula is C21H26N2O4. The second-order valence-electron chi connectivity index (χ2n) is 6.76. The zero-order chi connectivity index (χ0) is 19.9. The summed E-state index contributed by atoms with van der Waals surface area (Å²) in [6, 6.07) is 13.8. The third kappa shape index (κ3) is 5.00. The maximum Gasteiger partial charge on any atom is 0.318 e. The molecule has 0 radical (unpaired) electrons. The van der Waals surface area contributed by atoms with E-state index in [1.54, 1.807) is 48.5 Å². The van der Waals surface area contributed by atoms with Gasteiger partial charge >= 0.3 is 11.9 Å². The van der Waals surface area contributed by atoms with Gasteiger partial charge in [-0.1, -0.05) is 43.5 Å². The summed E-state index contributed by atoms with van der Waals surface area (Å²) in [5, 5.41) is 18.9. The summed E-state index contributed by atoms with van der Waals surface area (Å²) in [4.78, 5) is 23.1. The first-order valence-corrected chi connectivity index (χ1v) is 9.03. The van der Waals surface area contributed by atoms with Crippen LogP contribution in [0.2, 0.25) is 0 Å². The second kappa shape index (κ2) is 9.07. The highest BCUT2D eigenvalue weighted by Gasteiger charge is 2.41. The zero-order valence-electron chi connectivity index (χ0n) is 15.2. The summed E-state index contributed by atoms with van der Waals surface area (Å²) in [6.07, 6.45) is 3.33. The number of aliphatic carboxylic acids is 2. The Morgan fingerprint density at radius 3 is 1.59 bits per heavy atom. The first kappa shape index (κ1) is 20.3. The van der Waals surface area contributed by atoms with Gasteiger partial charge in [-0.2, -0.15) is 0 Å². The van der Waals surface area contributed by atoms with E-state index in [0.717, 1.165) is 12.8 Å². The maximum atomic E-state index is 12.5. The molecule has 2 rings (SSSR count). The Bertz CT molecular complexity index is 724. The topological polar surface area (TPSA) is 127 Å². The summed E-state index contributed by atoms with van der Waals surface area (Å²) in [7, 11) is 0. The number of hydrogen-bond acceptors (Lipinski definition) is 4. The molecule has 2 aromatic carbocycles. The second-order valence-corrected chi connectivity index (χ2v) is 6.76. The molecule has 6 heteroatoms. The molecule has 144 valence electrons. The lowest BCUT2D eigenvalue weighted by Crippen LogP contribution is -2.37. The van der Waals surface area contributed by atoms with Crippen LogP contribution in [-0.2, 0) is 15.0 Å². The van der Waals surface area contributed by atoms with Gasteiger partial charge in [0, 0.05) is 17.8 Å². The largest absolute Gasteiger partial charge is 0.481 e. The number of carboxylic acids is 2. The average molecular weight is 370 g/mol. The first-order chi connectivity index (χ1) is 12.9. The number of nitrogen functional groups attached to an aromatic ring is 2. The summed E-state index contributed by atoms with van der Waals surface area (Å²) in [5.41, 5.74) is 12.8. The van der Waals surface area contributed by atoms with Crippen LogP contribution in [0.5, 0.6) is 0 Å². The number of nitrogens with two attached hydrogens (primary N) is 2. The molecule has 0 aromatic heterocycles. The van der Waals surface area contributed by atoms with Crippen molar-refractivity contribution in [1.29, 1.82) is 0 Å². The molecule has 0 fully saturated rings. The van der Waals surface area contributed by atoms with Crippen LogP contribution < -0.4 is 11.5 Å². The van der Waals surface area contributed by atoms with Gasteiger partial charge < -0.3 is 21.7 Å². The van der Waals surface area contributed by atoms with Gasteiger partial charge in [-0.15, -0.1) is 0 Å². The molecule has 0 amide bonds. The Kier molecular flexibility index (Phi) is 6.82. The number of carbonyl (C=O) groups is 2. The molecule has 0 spiro atoms. The van der Waals surface area contributed by atoms with Crippen LogP contribution >= 0.6 is 0 Å². The lowest BCUT2D eigenvalue weighted by atomic mass is 9.71. The normalized spacial score (nSPS) is 11.3. The average Bonchev–Trinajstić information content (AvgIpc) is 2.63. The van der Waals surface area contributed by atoms with E-state index in [1.807, 2.05) is 0 Å². The maximum absolute atomic E-state index is 12.5. The van der Waals surface area contributed by atoms with Gasteiger partial charge in [0.25, 0.3) is 0 Å². The summed E-state index contributed by atoms with van der Waals surface area (Å²) in [6.45, 7) is 0. The summed E-state index contributed by atoms with van der Waals surface area (Å²) < 4.78 is 0. The quantitative estimate of drug-likeness (QED) is 0.373. The number of benzene rings is 2. The van der Waals surface area contributed by atoms with Crippen LogP contribution in [0.25, 0.3) is 0 Å². The third-order valence-electron chi connectivity index (χ3n) is 4.86. The number of unbranched alkanes of at least 4 members (excludes halogenated alkanes) is 3. The minimum atomic E-state index is -1.20. The molecule has 6 nitrogen and oxygen atoms in total. The molecule has 0 aliphatic carbocycles. The minimum absolute atomic E-state index is 0.139. The molecule has 0 heterocycles. The van der Waals surface area contributed by atoms with Gasteiger partial charge in [0.05, 0.1) is 0 Å². The van der Waals surface area contributed by atoms with E-state index in [2.05, 4.69) is 0 Å². The molecule has 0 atom stereocenters. The molecule has 0 aliphatic rings. The lowest BCUT2D eigenvalue weighted by Gasteiger charge is -2.31. The fourth-order valence-corrected chi connectivity index (χ4v) is 3.36. The molecule has 0 aliphatic heterocycles. The van der Waals surface area contributed by atoms with E-state index in [9.17, 15) is 14.7 Å². The molecule has 0 saturated heterocycles. The van der Waals surface area contributed by atoms with Gasteiger partial charge in [-0.3, -0.25) is 9.59 Å². The highest BCUT2D eigenvalue weighted by molar-refractivity contribution is 5.86. The van der Waals surface area contributed by atoms with E-state index in [4.69, 9.17) is 16.6 Å². The van der Waals surface area contributed by atoms with Crippen molar-refractivity contribution in [2.45, 2.75) is 43.9 Å². The predicted molar refractivity (Wildman–Crippen MR) is 105 cm³/mol. The van der Waals surface area contributed by atoms with Crippen molar-refractivity contribution >= 4 is 23.3 Å².